The largest absolute Gasteiger partial charge is 0.480 e. The van der Waals surface area contributed by atoms with Crippen LogP contribution in [-0.2, 0) is 7.05 Å². The van der Waals surface area contributed by atoms with E-state index in [1.165, 1.54) is 17.5 Å². The molecule has 0 spiro atoms. The van der Waals surface area contributed by atoms with Gasteiger partial charge in [-0.2, -0.15) is 5.10 Å². The minimum atomic E-state index is -0.155. The zero-order valence-corrected chi connectivity index (χ0v) is 10.9. The molecule has 2 rings (SSSR count). The Morgan fingerprint density at radius 1 is 1.69 bits per heavy atom. The summed E-state index contributed by atoms with van der Waals surface area (Å²) in [5.41, 5.74) is 0.375. The molecule has 1 fully saturated rings. The Hall–Kier alpha value is -1.04. The van der Waals surface area contributed by atoms with Crippen LogP contribution in [0, 0.1) is 5.92 Å². The van der Waals surface area contributed by atoms with Crippen molar-refractivity contribution in [3.05, 3.63) is 10.2 Å². The molecule has 0 aliphatic heterocycles. The monoisotopic (exact) mass is 287 g/mol. The van der Waals surface area contributed by atoms with Crippen LogP contribution in [0.15, 0.2) is 4.47 Å². The molecular formula is C10H14BrN3O2. The molecule has 1 aromatic heterocycles. The van der Waals surface area contributed by atoms with E-state index in [1.54, 1.807) is 14.2 Å². The second-order valence-electron chi connectivity index (χ2n) is 3.95. The highest BCUT2D eigenvalue weighted by molar-refractivity contribution is 9.10. The van der Waals surface area contributed by atoms with E-state index in [0.29, 0.717) is 22.0 Å². The summed E-state index contributed by atoms with van der Waals surface area (Å²) in [7, 11) is 3.29. The van der Waals surface area contributed by atoms with Crippen molar-refractivity contribution in [3.63, 3.8) is 0 Å². The number of carbonyl (C=O) groups excluding carboxylic acids is 1. The topological polar surface area (TPSA) is 56.1 Å². The molecule has 1 aliphatic carbocycles. The average molecular weight is 288 g/mol. The van der Waals surface area contributed by atoms with Crippen molar-refractivity contribution in [1.82, 2.24) is 15.1 Å². The number of halogens is 1. The summed E-state index contributed by atoms with van der Waals surface area (Å²) in [5.74, 6) is 1.06. The number of methoxy groups -OCH3 is 1. The molecular weight excluding hydrogens is 274 g/mol. The van der Waals surface area contributed by atoms with E-state index in [2.05, 4.69) is 26.3 Å². The van der Waals surface area contributed by atoms with Gasteiger partial charge in [-0.3, -0.25) is 4.79 Å². The van der Waals surface area contributed by atoms with Crippen LogP contribution in [0.4, 0.5) is 0 Å². The minimum absolute atomic E-state index is 0.155. The highest BCUT2D eigenvalue weighted by Crippen LogP contribution is 2.29. The molecule has 0 saturated heterocycles. The second kappa shape index (κ2) is 4.45. The molecule has 16 heavy (non-hydrogen) atoms. The maximum absolute atomic E-state index is 11.8. The van der Waals surface area contributed by atoms with Gasteiger partial charge in [-0.15, -0.1) is 0 Å². The van der Waals surface area contributed by atoms with Crippen molar-refractivity contribution in [2.24, 2.45) is 13.0 Å². The van der Waals surface area contributed by atoms with Crippen molar-refractivity contribution in [1.29, 1.82) is 0 Å². The first-order valence-electron chi connectivity index (χ1n) is 5.18. The zero-order chi connectivity index (χ0) is 11.7. The lowest BCUT2D eigenvalue weighted by atomic mass is 10.3. The predicted octanol–water partition coefficient (Wildman–Crippen LogP) is 1.33. The van der Waals surface area contributed by atoms with Gasteiger partial charge in [-0.1, -0.05) is 0 Å². The maximum atomic E-state index is 11.8. The van der Waals surface area contributed by atoms with Gasteiger partial charge in [0.25, 0.3) is 5.91 Å². The molecule has 0 unspecified atom stereocenters. The molecule has 1 amide bonds. The van der Waals surface area contributed by atoms with E-state index in [0.717, 1.165) is 6.54 Å². The molecule has 1 N–H and O–H groups in total. The molecule has 5 nitrogen and oxygen atoms in total. The van der Waals surface area contributed by atoms with E-state index < -0.39 is 0 Å². The lowest BCUT2D eigenvalue weighted by Gasteiger charge is -2.01. The molecule has 0 bridgehead atoms. The van der Waals surface area contributed by atoms with Gasteiger partial charge < -0.3 is 10.1 Å². The van der Waals surface area contributed by atoms with Crippen molar-refractivity contribution < 1.29 is 9.53 Å². The number of aromatic nitrogens is 2. The third-order valence-corrected chi connectivity index (χ3v) is 3.31. The Labute approximate surface area is 102 Å². The number of carbonyl (C=O) groups is 1. The fraction of sp³-hybridized carbons (Fsp3) is 0.600. The molecule has 1 saturated carbocycles. The fourth-order valence-corrected chi connectivity index (χ4v) is 2.17. The van der Waals surface area contributed by atoms with E-state index in [-0.39, 0.29) is 5.91 Å². The SMILES string of the molecule is COc1c(Br)c(C(=O)NCC2CC2)nn1C. The van der Waals surface area contributed by atoms with E-state index >= 15 is 0 Å². The molecule has 88 valence electrons. The number of rotatable bonds is 4. The highest BCUT2D eigenvalue weighted by Gasteiger charge is 2.24. The summed E-state index contributed by atoms with van der Waals surface area (Å²) in [5, 5.41) is 6.98. The standard InChI is InChI=1S/C10H14BrN3O2/c1-14-10(16-2)7(11)8(13-14)9(15)12-5-6-3-4-6/h6H,3-5H2,1-2H3,(H,12,15). The number of nitrogens with one attached hydrogen (secondary N) is 1. The average Bonchev–Trinajstić information content (AvgIpc) is 3.02. The normalized spacial score (nSPS) is 14.9. The van der Waals surface area contributed by atoms with Crippen LogP contribution in [0.1, 0.15) is 23.3 Å². The third kappa shape index (κ3) is 2.21. The quantitative estimate of drug-likeness (QED) is 0.909. The van der Waals surface area contributed by atoms with Crippen LogP contribution in [0.2, 0.25) is 0 Å². The summed E-state index contributed by atoms with van der Waals surface area (Å²) in [6.45, 7) is 0.740. The maximum Gasteiger partial charge on any atom is 0.273 e. The van der Waals surface area contributed by atoms with E-state index in [4.69, 9.17) is 4.74 Å². The molecule has 6 heteroatoms. The van der Waals surface area contributed by atoms with E-state index in [9.17, 15) is 4.79 Å². The van der Waals surface area contributed by atoms with Crippen molar-refractivity contribution in [2.45, 2.75) is 12.8 Å². The van der Waals surface area contributed by atoms with Crippen LogP contribution in [0.5, 0.6) is 5.88 Å². The number of amides is 1. The summed E-state index contributed by atoms with van der Waals surface area (Å²) >= 11 is 3.32. The first-order valence-corrected chi connectivity index (χ1v) is 5.97. The van der Waals surface area contributed by atoms with E-state index in [1.807, 2.05) is 0 Å². The Balaban J connectivity index is 2.09. The first-order chi connectivity index (χ1) is 7.63. The second-order valence-corrected chi connectivity index (χ2v) is 4.74. The number of ether oxygens (including phenoxy) is 1. The highest BCUT2D eigenvalue weighted by atomic mass is 79.9. The third-order valence-electron chi connectivity index (χ3n) is 2.60. The van der Waals surface area contributed by atoms with Crippen molar-refractivity contribution >= 4 is 21.8 Å². The van der Waals surface area contributed by atoms with Crippen LogP contribution >= 0.6 is 15.9 Å². The van der Waals surface area contributed by atoms with Gasteiger partial charge in [0, 0.05) is 13.6 Å². The van der Waals surface area contributed by atoms with Gasteiger partial charge in [0.1, 0.15) is 4.47 Å². The van der Waals surface area contributed by atoms with Crippen LogP contribution < -0.4 is 10.1 Å². The van der Waals surface area contributed by atoms with Crippen molar-refractivity contribution in [2.75, 3.05) is 13.7 Å². The first kappa shape index (κ1) is 11.4. The molecule has 1 heterocycles. The lowest BCUT2D eigenvalue weighted by molar-refractivity contribution is 0.0945. The Kier molecular flexibility index (Phi) is 3.18. The minimum Gasteiger partial charge on any atom is -0.480 e. The summed E-state index contributed by atoms with van der Waals surface area (Å²) < 4.78 is 7.26. The smallest absolute Gasteiger partial charge is 0.273 e. The Morgan fingerprint density at radius 3 is 2.88 bits per heavy atom. The molecule has 0 atom stereocenters. The van der Waals surface area contributed by atoms with Gasteiger partial charge in [-0.05, 0) is 34.7 Å². The zero-order valence-electron chi connectivity index (χ0n) is 9.29. The molecule has 1 aromatic rings. The van der Waals surface area contributed by atoms with Gasteiger partial charge in [0.2, 0.25) is 5.88 Å². The molecule has 0 aromatic carbocycles. The van der Waals surface area contributed by atoms with Crippen LogP contribution in [0.25, 0.3) is 0 Å². The summed E-state index contributed by atoms with van der Waals surface area (Å²) in [4.78, 5) is 11.8. The van der Waals surface area contributed by atoms with Crippen LogP contribution in [0.3, 0.4) is 0 Å². The molecule has 1 aliphatic rings. The van der Waals surface area contributed by atoms with Crippen molar-refractivity contribution in [3.8, 4) is 5.88 Å². The van der Waals surface area contributed by atoms with Gasteiger partial charge in [-0.25, -0.2) is 4.68 Å². The fourth-order valence-electron chi connectivity index (χ4n) is 1.49. The van der Waals surface area contributed by atoms with Gasteiger partial charge >= 0.3 is 0 Å². The number of hydrogen-bond donors (Lipinski definition) is 1. The number of hydrogen-bond acceptors (Lipinski definition) is 3. The number of aryl methyl sites for hydroxylation is 1. The lowest BCUT2D eigenvalue weighted by Crippen LogP contribution is -2.26. The van der Waals surface area contributed by atoms with Gasteiger partial charge in [0.15, 0.2) is 5.69 Å². The summed E-state index contributed by atoms with van der Waals surface area (Å²) in [6.07, 6.45) is 2.43. The Morgan fingerprint density at radius 2 is 2.38 bits per heavy atom. The van der Waals surface area contributed by atoms with Gasteiger partial charge in [0.05, 0.1) is 7.11 Å². The summed E-state index contributed by atoms with van der Waals surface area (Å²) in [6, 6.07) is 0. The van der Waals surface area contributed by atoms with Crippen LogP contribution in [-0.4, -0.2) is 29.3 Å². The Bertz CT molecular complexity index is 412. The number of nitrogens with zero attached hydrogens (tertiary/aromatic N) is 2. The predicted molar refractivity (Wildman–Crippen MR) is 62.5 cm³/mol. The molecule has 0 radical (unpaired) electrons.